The molecule has 4 nitrogen and oxygen atoms in total. The Hall–Kier alpha value is -2.56. The van der Waals surface area contributed by atoms with Gasteiger partial charge in [0.05, 0.1) is 0 Å². The average Bonchev–Trinajstić information content (AvgIpc) is 3.25. The van der Waals surface area contributed by atoms with E-state index in [-0.39, 0.29) is 5.91 Å². The van der Waals surface area contributed by atoms with Crippen molar-refractivity contribution < 1.29 is 4.79 Å². The van der Waals surface area contributed by atoms with Gasteiger partial charge in [0.2, 0.25) is 5.91 Å². The zero-order chi connectivity index (χ0) is 22.2. The number of hydrogen-bond acceptors (Lipinski definition) is 2. The van der Waals surface area contributed by atoms with Crippen molar-refractivity contribution >= 4 is 34.5 Å². The predicted octanol–water partition coefficient (Wildman–Crippen LogP) is 6.00. The molecule has 4 rings (SSSR count). The monoisotopic (exact) mass is 449 g/mol. The van der Waals surface area contributed by atoms with Crippen LogP contribution in [0.3, 0.4) is 0 Å². The molecule has 0 spiro atoms. The fourth-order valence-corrected chi connectivity index (χ4v) is 4.78. The maximum absolute atomic E-state index is 12.0. The lowest BCUT2D eigenvalue weighted by Crippen LogP contribution is -2.33. The molecule has 1 amide bonds. The number of H-pyrrole nitrogens is 1. The molecule has 1 fully saturated rings. The first-order chi connectivity index (χ1) is 15.7. The van der Waals surface area contributed by atoms with Gasteiger partial charge in [0, 0.05) is 34.7 Å². The second kappa shape index (κ2) is 11.3. The number of piperidine rings is 1. The molecule has 0 aliphatic carbocycles. The molecule has 2 N–H and O–H groups in total. The van der Waals surface area contributed by atoms with E-state index >= 15 is 0 Å². The van der Waals surface area contributed by atoms with Crippen LogP contribution in [0.2, 0.25) is 5.02 Å². The zero-order valence-electron chi connectivity index (χ0n) is 18.5. The van der Waals surface area contributed by atoms with Crippen molar-refractivity contribution in [3.63, 3.8) is 0 Å². The third-order valence-electron chi connectivity index (χ3n) is 6.42. The first kappa shape index (κ1) is 22.6. The van der Waals surface area contributed by atoms with Gasteiger partial charge in [0.15, 0.2) is 0 Å². The molecule has 0 unspecified atom stereocenters. The first-order valence-corrected chi connectivity index (χ1v) is 12.1. The van der Waals surface area contributed by atoms with Crippen molar-refractivity contribution in [1.29, 1.82) is 0 Å². The molecule has 1 aromatic heterocycles. The lowest BCUT2D eigenvalue weighted by atomic mass is 9.89. The van der Waals surface area contributed by atoms with Gasteiger partial charge in [0.25, 0.3) is 0 Å². The van der Waals surface area contributed by atoms with E-state index < -0.39 is 0 Å². The number of carbonyl (C=O) groups is 1. The average molecular weight is 450 g/mol. The molecule has 1 saturated heterocycles. The fourth-order valence-electron chi connectivity index (χ4n) is 4.58. The summed E-state index contributed by atoms with van der Waals surface area (Å²) in [6.45, 7) is 4.22. The quantitative estimate of drug-likeness (QED) is 0.311. The molecule has 0 saturated carbocycles. The van der Waals surface area contributed by atoms with E-state index in [2.05, 4.69) is 45.7 Å². The maximum Gasteiger partial charge on any atom is 0.243 e. The molecule has 32 heavy (non-hydrogen) atoms. The number of nitrogens with one attached hydrogen (secondary N) is 2. The van der Waals surface area contributed by atoms with Crippen molar-refractivity contribution in [3.05, 3.63) is 77.0 Å². The number of fused-ring (bicyclic) bond motifs is 1. The minimum absolute atomic E-state index is 0.0655. The maximum atomic E-state index is 12.0. The van der Waals surface area contributed by atoms with Gasteiger partial charge in [-0.3, -0.25) is 4.79 Å². The minimum atomic E-state index is -0.0655. The van der Waals surface area contributed by atoms with E-state index in [1.807, 2.05) is 24.3 Å². The number of rotatable bonds is 9. The van der Waals surface area contributed by atoms with Crippen LogP contribution >= 0.6 is 11.6 Å². The van der Waals surface area contributed by atoms with E-state index in [0.29, 0.717) is 17.5 Å². The minimum Gasteiger partial charge on any atom is -0.361 e. The molecule has 0 atom stereocenters. The Kier molecular flexibility index (Phi) is 8.02. The molecule has 1 aliphatic rings. The smallest absolute Gasteiger partial charge is 0.243 e. The number of amides is 1. The van der Waals surface area contributed by atoms with Crippen LogP contribution in [0.1, 0.15) is 49.1 Å². The number of unbranched alkanes of at least 4 members (excludes halogenated alkanes) is 2. The van der Waals surface area contributed by atoms with Gasteiger partial charge in [-0.15, -0.1) is 0 Å². The number of benzene rings is 2. The van der Waals surface area contributed by atoms with Crippen molar-refractivity contribution in [3.8, 4) is 0 Å². The number of likely N-dealkylation sites (tertiary alicyclic amines) is 1. The molecule has 2 heterocycles. The topological polar surface area (TPSA) is 48.1 Å². The third kappa shape index (κ3) is 6.02. The molecule has 3 aromatic rings. The summed E-state index contributed by atoms with van der Waals surface area (Å²) >= 11 is 6.10. The Labute approximate surface area is 195 Å². The summed E-state index contributed by atoms with van der Waals surface area (Å²) in [7, 11) is 0. The van der Waals surface area contributed by atoms with E-state index in [9.17, 15) is 4.79 Å². The number of halogens is 1. The summed E-state index contributed by atoms with van der Waals surface area (Å²) in [6, 6.07) is 16.1. The zero-order valence-corrected chi connectivity index (χ0v) is 19.3. The Morgan fingerprint density at radius 3 is 2.69 bits per heavy atom. The first-order valence-electron chi connectivity index (χ1n) is 11.7. The van der Waals surface area contributed by atoms with Gasteiger partial charge in [-0.25, -0.2) is 0 Å². The van der Waals surface area contributed by atoms with Gasteiger partial charge in [-0.1, -0.05) is 54.4 Å². The highest BCUT2D eigenvalue weighted by molar-refractivity contribution is 6.32. The van der Waals surface area contributed by atoms with Crippen molar-refractivity contribution in [2.24, 2.45) is 0 Å². The van der Waals surface area contributed by atoms with E-state index in [1.165, 1.54) is 48.8 Å². The molecule has 2 aromatic carbocycles. The number of para-hydroxylation sites is 1. The molecule has 0 bridgehead atoms. The Balaban J connectivity index is 1.09. The standard InChI is InChI=1S/C27H32ClN3O/c28-25-10-4-2-8-22(25)12-13-27(32)29-16-6-1-7-17-31-18-14-21(15-19-31)24-20-30-26-11-5-3-9-23(24)26/h2-5,8-13,20-21,30H,1,6-7,14-19H2,(H,29,32)/b13-12+. The van der Waals surface area contributed by atoms with Crippen LogP contribution in [0.15, 0.2) is 60.8 Å². The van der Waals surface area contributed by atoms with Crippen LogP contribution in [-0.2, 0) is 4.79 Å². The van der Waals surface area contributed by atoms with E-state index in [0.717, 1.165) is 24.9 Å². The van der Waals surface area contributed by atoms with Crippen LogP contribution in [0.4, 0.5) is 0 Å². The van der Waals surface area contributed by atoms with Crippen LogP contribution in [-0.4, -0.2) is 42.0 Å². The van der Waals surface area contributed by atoms with Crippen molar-refractivity contribution in [2.75, 3.05) is 26.2 Å². The molecule has 0 radical (unpaired) electrons. The summed E-state index contributed by atoms with van der Waals surface area (Å²) in [6.07, 6.45) is 11.3. The second-order valence-corrected chi connectivity index (χ2v) is 9.02. The highest BCUT2D eigenvalue weighted by atomic mass is 35.5. The summed E-state index contributed by atoms with van der Waals surface area (Å²) < 4.78 is 0. The van der Waals surface area contributed by atoms with Crippen LogP contribution in [0, 0.1) is 0 Å². The molecular weight excluding hydrogens is 418 g/mol. The van der Waals surface area contributed by atoms with E-state index in [1.54, 1.807) is 12.2 Å². The highest BCUT2D eigenvalue weighted by Gasteiger charge is 2.22. The number of aromatic nitrogens is 1. The van der Waals surface area contributed by atoms with Gasteiger partial charge < -0.3 is 15.2 Å². The number of aromatic amines is 1. The summed E-state index contributed by atoms with van der Waals surface area (Å²) in [5.41, 5.74) is 3.59. The highest BCUT2D eigenvalue weighted by Crippen LogP contribution is 2.33. The molecule has 1 aliphatic heterocycles. The van der Waals surface area contributed by atoms with Crippen LogP contribution < -0.4 is 5.32 Å². The van der Waals surface area contributed by atoms with Gasteiger partial charge in [-0.05, 0) is 80.6 Å². The summed E-state index contributed by atoms with van der Waals surface area (Å²) in [5, 5.41) is 5.00. The Morgan fingerprint density at radius 2 is 1.84 bits per heavy atom. The van der Waals surface area contributed by atoms with Gasteiger partial charge >= 0.3 is 0 Å². The SMILES string of the molecule is O=C(/C=C/c1ccccc1Cl)NCCCCCN1CCC(c2c[nH]c3ccccc23)CC1. The Bertz CT molecular complexity index is 1050. The Morgan fingerprint density at radius 1 is 1.06 bits per heavy atom. The number of hydrogen-bond donors (Lipinski definition) is 2. The number of carbonyl (C=O) groups excluding carboxylic acids is 1. The number of nitrogens with zero attached hydrogens (tertiary/aromatic N) is 1. The molecule has 5 heteroatoms. The third-order valence-corrected chi connectivity index (χ3v) is 6.76. The second-order valence-electron chi connectivity index (χ2n) is 8.61. The largest absolute Gasteiger partial charge is 0.361 e. The van der Waals surface area contributed by atoms with Crippen LogP contribution in [0.5, 0.6) is 0 Å². The normalized spacial score (nSPS) is 15.5. The van der Waals surface area contributed by atoms with Crippen LogP contribution in [0.25, 0.3) is 17.0 Å². The van der Waals surface area contributed by atoms with Crippen molar-refractivity contribution in [2.45, 2.75) is 38.0 Å². The predicted molar refractivity (Wildman–Crippen MR) is 134 cm³/mol. The summed E-state index contributed by atoms with van der Waals surface area (Å²) in [5.74, 6) is 0.598. The van der Waals surface area contributed by atoms with Gasteiger partial charge in [-0.2, -0.15) is 0 Å². The van der Waals surface area contributed by atoms with Crippen molar-refractivity contribution in [1.82, 2.24) is 15.2 Å². The van der Waals surface area contributed by atoms with E-state index in [4.69, 9.17) is 11.6 Å². The lowest BCUT2D eigenvalue weighted by molar-refractivity contribution is -0.116. The molecule has 168 valence electrons. The van der Waals surface area contributed by atoms with Gasteiger partial charge in [0.1, 0.15) is 0 Å². The molecular formula is C27H32ClN3O. The fraction of sp³-hybridized carbons (Fsp3) is 0.370. The summed E-state index contributed by atoms with van der Waals surface area (Å²) in [4.78, 5) is 18.0. The lowest BCUT2D eigenvalue weighted by Gasteiger charge is -2.32.